The van der Waals surface area contributed by atoms with Crippen LogP contribution < -0.4 is 4.90 Å². The average Bonchev–Trinajstić information content (AvgIpc) is 3.18. The van der Waals surface area contributed by atoms with E-state index in [0.717, 1.165) is 43.4 Å². The number of nitrogens with zero attached hydrogens (tertiary/aromatic N) is 2. The number of fused-ring (bicyclic) bond motifs is 1. The van der Waals surface area contributed by atoms with Gasteiger partial charge in [-0.25, -0.2) is 0 Å². The Morgan fingerprint density at radius 1 is 1.09 bits per heavy atom. The first-order valence-electron chi connectivity index (χ1n) is 7.85. The van der Waals surface area contributed by atoms with Gasteiger partial charge in [-0.1, -0.05) is 18.2 Å². The Bertz CT molecular complexity index is 679. The predicted octanol–water partition coefficient (Wildman–Crippen LogP) is 2.68. The molecule has 4 heteroatoms. The molecule has 0 unspecified atom stereocenters. The van der Waals surface area contributed by atoms with Gasteiger partial charge in [0.2, 0.25) is 5.91 Å². The van der Waals surface area contributed by atoms with Crippen LogP contribution in [0.4, 0.5) is 5.69 Å². The van der Waals surface area contributed by atoms with Crippen molar-refractivity contribution >= 4 is 11.6 Å². The number of hydrogen-bond acceptors (Lipinski definition) is 3. The van der Waals surface area contributed by atoms with Crippen LogP contribution in [0.25, 0.3) is 0 Å². The van der Waals surface area contributed by atoms with Gasteiger partial charge in [0, 0.05) is 31.2 Å². The smallest absolute Gasteiger partial charge is 0.231 e. The van der Waals surface area contributed by atoms with Gasteiger partial charge in [-0.3, -0.25) is 9.69 Å². The highest BCUT2D eigenvalue weighted by molar-refractivity contribution is 5.98. The molecule has 4 nitrogen and oxygen atoms in total. The van der Waals surface area contributed by atoms with Crippen molar-refractivity contribution in [3.8, 4) is 0 Å². The summed E-state index contributed by atoms with van der Waals surface area (Å²) in [6, 6.07) is 14.0. The first-order chi connectivity index (χ1) is 10.7. The van der Waals surface area contributed by atoms with Crippen molar-refractivity contribution < 1.29 is 9.21 Å². The highest BCUT2D eigenvalue weighted by Gasteiger charge is 2.46. The Hall–Kier alpha value is -2.07. The molecule has 2 aliphatic rings. The summed E-state index contributed by atoms with van der Waals surface area (Å²) in [5.41, 5.74) is 1.02. The van der Waals surface area contributed by atoms with Crippen molar-refractivity contribution in [3.05, 3.63) is 54.0 Å². The molecule has 1 aromatic carbocycles. The quantitative estimate of drug-likeness (QED) is 0.874. The molecule has 0 spiro atoms. The van der Waals surface area contributed by atoms with Crippen LogP contribution in [0.15, 0.2) is 46.9 Å². The molecular weight excluding hydrogens is 276 g/mol. The normalized spacial score (nSPS) is 25.0. The number of amides is 1. The Kier molecular flexibility index (Phi) is 3.26. The maximum absolute atomic E-state index is 12.7. The number of anilines is 1. The third-order valence-corrected chi connectivity index (χ3v) is 4.76. The zero-order valence-corrected chi connectivity index (χ0v) is 12.7. The topological polar surface area (TPSA) is 36.7 Å². The van der Waals surface area contributed by atoms with E-state index in [1.165, 1.54) is 0 Å². The van der Waals surface area contributed by atoms with Crippen LogP contribution in [0.2, 0.25) is 0 Å². The molecule has 2 saturated heterocycles. The lowest BCUT2D eigenvalue weighted by atomic mass is 10.0. The highest BCUT2D eigenvalue weighted by atomic mass is 16.3. The molecule has 2 atom stereocenters. The second-order valence-corrected chi connectivity index (χ2v) is 6.36. The number of hydrogen-bond donors (Lipinski definition) is 0. The molecule has 2 aromatic rings. The van der Waals surface area contributed by atoms with Crippen LogP contribution in [-0.4, -0.2) is 30.4 Å². The van der Waals surface area contributed by atoms with Crippen molar-refractivity contribution in [2.75, 3.05) is 24.5 Å². The van der Waals surface area contributed by atoms with Gasteiger partial charge in [0.1, 0.15) is 11.5 Å². The molecule has 22 heavy (non-hydrogen) atoms. The molecule has 2 aliphatic heterocycles. The number of benzene rings is 1. The highest BCUT2D eigenvalue weighted by Crippen LogP contribution is 2.35. The van der Waals surface area contributed by atoms with E-state index in [-0.39, 0.29) is 11.8 Å². The van der Waals surface area contributed by atoms with Crippen molar-refractivity contribution in [2.45, 2.75) is 13.5 Å². The Balaban J connectivity index is 1.44. The fraction of sp³-hybridized carbons (Fsp3) is 0.389. The third-order valence-electron chi connectivity index (χ3n) is 4.76. The van der Waals surface area contributed by atoms with Gasteiger partial charge in [0.15, 0.2) is 0 Å². The SMILES string of the molecule is Cc1ccc(CN2C[C@H]3CN(c4ccccc4)C(=O)[C@@H]3C2)o1. The molecule has 4 rings (SSSR count). The van der Waals surface area contributed by atoms with E-state index < -0.39 is 0 Å². The van der Waals surface area contributed by atoms with Crippen molar-refractivity contribution in [3.63, 3.8) is 0 Å². The molecule has 0 radical (unpaired) electrons. The molecule has 2 fully saturated rings. The molecule has 0 N–H and O–H groups in total. The largest absolute Gasteiger partial charge is 0.465 e. The van der Waals surface area contributed by atoms with Crippen LogP contribution in [0.5, 0.6) is 0 Å². The average molecular weight is 296 g/mol. The Morgan fingerprint density at radius 2 is 1.91 bits per heavy atom. The Morgan fingerprint density at radius 3 is 2.59 bits per heavy atom. The van der Waals surface area contributed by atoms with Crippen molar-refractivity contribution in [2.24, 2.45) is 11.8 Å². The van der Waals surface area contributed by atoms with Crippen molar-refractivity contribution in [1.29, 1.82) is 0 Å². The van der Waals surface area contributed by atoms with Crippen molar-refractivity contribution in [1.82, 2.24) is 4.90 Å². The lowest BCUT2D eigenvalue weighted by Gasteiger charge is -2.21. The van der Waals surface area contributed by atoms with Crippen LogP contribution in [0.3, 0.4) is 0 Å². The van der Waals surface area contributed by atoms with Gasteiger partial charge in [-0.2, -0.15) is 0 Å². The zero-order chi connectivity index (χ0) is 15.1. The number of likely N-dealkylation sites (tertiary alicyclic amines) is 1. The summed E-state index contributed by atoms with van der Waals surface area (Å²) >= 11 is 0. The van der Waals surface area contributed by atoms with E-state index in [2.05, 4.69) is 4.90 Å². The number of para-hydroxylation sites is 1. The lowest BCUT2D eigenvalue weighted by Crippen LogP contribution is -2.32. The van der Waals surface area contributed by atoms with Crippen LogP contribution in [0, 0.1) is 18.8 Å². The van der Waals surface area contributed by atoms with Gasteiger partial charge >= 0.3 is 0 Å². The van der Waals surface area contributed by atoms with E-state index in [4.69, 9.17) is 4.42 Å². The first kappa shape index (κ1) is 13.6. The number of carbonyl (C=O) groups is 1. The summed E-state index contributed by atoms with van der Waals surface area (Å²) in [5, 5.41) is 0. The van der Waals surface area contributed by atoms with Crippen LogP contribution in [0.1, 0.15) is 11.5 Å². The summed E-state index contributed by atoms with van der Waals surface area (Å²) < 4.78 is 5.65. The molecule has 3 heterocycles. The number of carbonyl (C=O) groups excluding carboxylic acids is 1. The lowest BCUT2D eigenvalue weighted by molar-refractivity contribution is -0.120. The second-order valence-electron chi connectivity index (χ2n) is 6.36. The van der Waals surface area contributed by atoms with E-state index in [0.29, 0.717) is 5.92 Å². The summed E-state index contributed by atoms with van der Waals surface area (Å²) in [4.78, 5) is 17.0. The number of rotatable bonds is 3. The molecule has 0 bridgehead atoms. The van der Waals surface area contributed by atoms with Gasteiger partial charge < -0.3 is 9.32 Å². The predicted molar refractivity (Wildman–Crippen MR) is 84.5 cm³/mol. The number of aryl methyl sites for hydroxylation is 1. The van der Waals surface area contributed by atoms with Gasteiger partial charge in [-0.05, 0) is 31.2 Å². The standard InChI is InChI=1S/C18H20N2O2/c1-13-7-8-16(22-13)11-19-9-14-10-20(18(21)17(14)12-19)15-5-3-2-4-6-15/h2-8,14,17H,9-12H2,1H3/t14-,17+/m0/s1. The zero-order valence-electron chi connectivity index (χ0n) is 12.7. The van der Waals surface area contributed by atoms with Crippen LogP contribution >= 0.6 is 0 Å². The molecule has 1 amide bonds. The minimum Gasteiger partial charge on any atom is -0.465 e. The molecular formula is C18H20N2O2. The fourth-order valence-electron chi connectivity index (χ4n) is 3.71. The van der Waals surface area contributed by atoms with Gasteiger partial charge in [0.05, 0.1) is 12.5 Å². The van der Waals surface area contributed by atoms with E-state index >= 15 is 0 Å². The third kappa shape index (κ3) is 2.33. The molecule has 0 saturated carbocycles. The summed E-state index contributed by atoms with van der Waals surface area (Å²) in [6.45, 7) is 5.41. The van der Waals surface area contributed by atoms with Gasteiger partial charge in [0.25, 0.3) is 0 Å². The van der Waals surface area contributed by atoms with Crippen LogP contribution in [-0.2, 0) is 11.3 Å². The fourth-order valence-corrected chi connectivity index (χ4v) is 3.71. The van der Waals surface area contributed by atoms with Gasteiger partial charge in [-0.15, -0.1) is 0 Å². The van der Waals surface area contributed by atoms with E-state index in [1.807, 2.05) is 54.3 Å². The van der Waals surface area contributed by atoms with E-state index in [9.17, 15) is 4.79 Å². The summed E-state index contributed by atoms with van der Waals surface area (Å²) in [5.74, 6) is 2.78. The minimum atomic E-state index is 0.135. The molecule has 0 aliphatic carbocycles. The second kappa shape index (κ2) is 5.29. The maximum atomic E-state index is 12.7. The minimum absolute atomic E-state index is 0.135. The molecule has 114 valence electrons. The van der Waals surface area contributed by atoms with E-state index in [1.54, 1.807) is 0 Å². The monoisotopic (exact) mass is 296 g/mol. The number of furan rings is 1. The summed E-state index contributed by atoms with van der Waals surface area (Å²) in [7, 11) is 0. The maximum Gasteiger partial charge on any atom is 0.231 e. The Labute approximate surface area is 130 Å². The first-order valence-corrected chi connectivity index (χ1v) is 7.85. The molecule has 1 aromatic heterocycles. The summed E-state index contributed by atoms with van der Waals surface area (Å²) in [6.07, 6.45) is 0.